The number of Topliss-reactive ketones (excluding diaryl/α,β-unsaturated/α-hetero) is 1. The van der Waals surface area contributed by atoms with Crippen molar-refractivity contribution in [2.75, 3.05) is 6.61 Å². The summed E-state index contributed by atoms with van der Waals surface area (Å²) in [5.74, 6) is -2.18. The van der Waals surface area contributed by atoms with E-state index in [2.05, 4.69) is 22.2 Å². The number of H-pyrrole nitrogens is 1. The maximum absolute atomic E-state index is 13.0. The number of hydrogen-bond donors (Lipinski definition) is 4. The van der Waals surface area contributed by atoms with E-state index < -0.39 is 35.7 Å². The molecular formula is C22H26N4O5. The molecule has 0 saturated heterocycles. The fourth-order valence-electron chi connectivity index (χ4n) is 3.10. The molecule has 0 aliphatic heterocycles. The van der Waals surface area contributed by atoms with Crippen LogP contribution in [-0.4, -0.2) is 53.5 Å². The van der Waals surface area contributed by atoms with Crippen molar-refractivity contribution < 1.29 is 23.9 Å². The smallest absolute Gasteiger partial charge is 0.328 e. The topological polar surface area (TPSA) is 141 Å². The normalized spacial score (nSPS) is 12.4. The highest BCUT2D eigenvalue weighted by atomic mass is 16.5. The van der Waals surface area contributed by atoms with Crippen LogP contribution >= 0.6 is 0 Å². The number of esters is 1. The number of aromatic amines is 1. The van der Waals surface area contributed by atoms with E-state index in [1.807, 2.05) is 24.3 Å². The van der Waals surface area contributed by atoms with Crippen molar-refractivity contribution in [3.05, 3.63) is 48.7 Å². The van der Waals surface area contributed by atoms with Crippen LogP contribution in [0.3, 0.4) is 0 Å². The van der Waals surface area contributed by atoms with E-state index in [1.54, 1.807) is 6.20 Å². The summed E-state index contributed by atoms with van der Waals surface area (Å²) in [6.45, 7) is 4.72. The molecule has 2 rings (SSSR count). The minimum absolute atomic E-state index is 0.0319. The number of carbonyl (C=O) groups is 4. The van der Waals surface area contributed by atoms with Crippen LogP contribution in [0.15, 0.2) is 43.1 Å². The van der Waals surface area contributed by atoms with Crippen LogP contribution in [0.1, 0.15) is 25.3 Å². The van der Waals surface area contributed by atoms with Gasteiger partial charge in [0.05, 0.1) is 6.21 Å². The van der Waals surface area contributed by atoms with Gasteiger partial charge in [0.2, 0.25) is 11.8 Å². The van der Waals surface area contributed by atoms with Gasteiger partial charge < -0.3 is 25.8 Å². The Bertz CT molecular complexity index is 981. The first-order valence-corrected chi connectivity index (χ1v) is 9.79. The molecule has 0 spiro atoms. The number of hydrogen-bond acceptors (Lipinski definition) is 6. The molecule has 0 aliphatic carbocycles. The molecule has 2 amide bonds. The SMILES string of the molecule is C=CCOC(=O)[C@H](CCC(=O)C=N)NC(=O)[C@H](Cc1c[nH]c2ccccc12)NC(C)=O. The summed E-state index contributed by atoms with van der Waals surface area (Å²) in [6, 6.07) is 5.52. The van der Waals surface area contributed by atoms with Crippen molar-refractivity contribution in [1.29, 1.82) is 5.41 Å². The van der Waals surface area contributed by atoms with Crippen LogP contribution in [0.25, 0.3) is 10.9 Å². The number of rotatable bonds is 12. The third-order valence-electron chi connectivity index (χ3n) is 4.58. The number of aromatic nitrogens is 1. The van der Waals surface area contributed by atoms with Crippen LogP contribution in [0, 0.1) is 5.41 Å². The van der Waals surface area contributed by atoms with E-state index in [4.69, 9.17) is 10.1 Å². The number of nitrogens with one attached hydrogen (secondary N) is 4. The molecule has 0 aliphatic rings. The van der Waals surface area contributed by atoms with E-state index >= 15 is 0 Å². The Morgan fingerprint density at radius 3 is 2.61 bits per heavy atom. The summed E-state index contributed by atoms with van der Waals surface area (Å²) in [5.41, 5.74) is 1.73. The van der Waals surface area contributed by atoms with Crippen LogP contribution in [0.4, 0.5) is 0 Å². The lowest BCUT2D eigenvalue weighted by Gasteiger charge is -2.22. The van der Waals surface area contributed by atoms with Gasteiger partial charge in [0.25, 0.3) is 0 Å². The average Bonchev–Trinajstić information content (AvgIpc) is 3.16. The second-order valence-corrected chi connectivity index (χ2v) is 6.95. The molecule has 9 heteroatoms. The maximum atomic E-state index is 13.0. The predicted octanol–water partition coefficient (Wildman–Crippen LogP) is 1.43. The first-order chi connectivity index (χ1) is 14.8. The standard InChI is InChI=1S/C22H26N4O5/c1-3-10-31-22(30)19(9-8-16(28)12-23)26-21(29)20(25-14(2)27)11-15-13-24-18-7-5-4-6-17(15)18/h3-7,12-13,19-20,23-24H,1,8-11H2,2H3,(H,25,27)(H,26,29)/t19-,20-/m0/s1. The molecule has 164 valence electrons. The van der Waals surface area contributed by atoms with Gasteiger partial charge in [-0.2, -0.15) is 0 Å². The molecule has 2 atom stereocenters. The van der Waals surface area contributed by atoms with Gasteiger partial charge in [0, 0.05) is 36.9 Å². The summed E-state index contributed by atoms with van der Waals surface area (Å²) >= 11 is 0. The average molecular weight is 426 g/mol. The number of benzene rings is 1. The van der Waals surface area contributed by atoms with Gasteiger partial charge in [-0.05, 0) is 18.1 Å². The number of fused-ring (bicyclic) bond motifs is 1. The van der Waals surface area contributed by atoms with Crippen LogP contribution in [-0.2, 0) is 30.3 Å². The quantitative estimate of drug-likeness (QED) is 0.231. The van der Waals surface area contributed by atoms with Crippen molar-refractivity contribution in [3.63, 3.8) is 0 Å². The number of ether oxygens (including phenoxy) is 1. The molecule has 1 heterocycles. The molecule has 31 heavy (non-hydrogen) atoms. The highest BCUT2D eigenvalue weighted by Gasteiger charge is 2.28. The number of para-hydroxylation sites is 1. The summed E-state index contributed by atoms with van der Waals surface area (Å²) in [4.78, 5) is 51.6. The van der Waals surface area contributed by atoms with Crippen molar-refractivity contribution in [2.45, 2.75) is 38.3 Å². The maximum Gasteiger partial charge on any atom is 0.328 e. The van der Waals surface area contributed by atoms with Crippen molar-refractivity contribution in [2.24, 2.45) is 0 Å². The highest BCUT2D eigenvalue weighted by molar-refractivity contribution is 6.26. The number of ketones is 1. The molecule has 0 fully saturated rings. The zero-order valence-corrected chi connectivity index (χ0v) is 17.3. The lowest BCUT2D eigenvalue weighted by atomic mass is 10.0. The van der Waals surface area contributed by atoms with Crippen molar-refractivity contribution in [1.82, 2.24) is 15.6 Å². The Labute approximate surface area is 179 Å². The van der Waals surface area contributed by atoms with Crippen LogP contribution < -0.4 is 10.6 Å². The summed E-state index contributed by atoms with van der Waals surface area (Å²) in [6.07, 6.45) is 3.87. The molecule has 4 N–H and O–H groups in total. The van der Waals surface area contributed by atoms with Crippen molar-refractivity contribution >= 4 is 40.7 Å². The van der Waals surface area contributed by atoms with Crippen LogP contribution in [0.2, 0.25) is 0 Å². The molecule has 1 aromatic carbocycles. The van der Waals surface area contributed by atoms with E-state index in [1.165, 1.54) is 13.0 Å². The summed E-state index contributed by atoms with van der Waals surface area (Å²) < 4.78 is 5.01. The highest BCUT2D eigenvalue weighted by Crippen LogP contribution is 2.19. The minimum Gasteiger partial charge on any atom is -0.460 e. The fourth-order valence-corrected chi connectivity index (χ4v) is 3.10. The molecule has 2 aromatic rings. The first kappa shape index (κ1) is 23.5. The summed E-state index contributed by atoms with van der Waals surface area (Å²) in [7, 11) is 0. The Balaban J connectivity index is 2.18. The fraction of sp³-hybridized carbons (Fsp3) is 0.318. The lowest BCUT2D eigenvalue weighted by Crippen LogP contribution is -2.52. The van der Waals surface area contributed by atoms with Crippen LogP contribution in [0.5, 0.6) is 0 Å². The van der Waals surface area contributed by atoms with Crippen molar-refractivity contribution in [3.8, 4) is 0 Å². The van der Waals surface area contributed by atoms with Gasteiger partial charge in [-0.15, -0.1) is 0 Å². The predicted molar refractivity (Wildman–Crippen MR) is 116 cm³/mol. The third-order valence-corrected chi connectivity index (χ3v) is 4.58. The minimum atomic E-state index is -1.10. The Morgan fingerprint density at radius 1 is 1.19 bits per heavy atom. The summed E-state index contributed by atoms with van der Waals surface area (Å²) in [5, 5.41) is 13.1. The molecule has 0 saturated carbocycles. The lowest BCUT2D eigenvalue weighted by molar-refractivity contribution is -0.147. The Hall–Kier alpha value is -3.75. The molecule has 0 unspecified atom stereocenters. The zero-order valence-electron chi connectivity index (χ0n) is 17.3. The number of carbonyl (C=O) groups excluding carboxylic acids is 4. The molecule has 0 bridgehead atoms. The second-order valence-electron chi connectivity index (χ2n) is 6.95. The monoisotopic (exact) mass is 426 g/mol. The third kappa shape index (κ3) is 6.91. The van der Waals surface area contributed by atoms with Gasteiger partial charge in [0.1, 0.15) is 18.7 Å². The molecule has 0 radical (unpaired) electrons. The van der Waals surface area contributed by atoms with Gasteiger partial charge in [-0.3, -0.25) is 14.4 Å². The van der Waals surface area contributed by atoms with E-state index in [9.17, 15) is 19.2 Å². The largest absolute Gasteiger partial charge is 0.460 e. The van der Waals surface area contributed by atoms with E-state index in [0.717, 1.165) is 16.5 Å². The molecule has 9 nitrogen and oxygen atoms in total. The Morgan fingerprint density at radius 2 is 1.94 bits per heavy atom. The van der Waals surface area contributed by atoms with Gasteiger partial charge in [0.15, 0.2) is 5.78 Å². The first-order valence-electron chi connectivity index (χ1n) is 9.79. The van der Waals surface area contributed by atoms with Gasteiger partial charge in [-0.1, -0.05) is 30.9 Å². The van der Waals surface area contributed by atoms with E-state index in [0.29, 0.717) is 6.21 Å². The Kier molecular flexibility index (Phi) is 8.68. The van der Waals surface area contributed by atoms with E-state index in [-0.39, 0.29) is 25.9 Å². The zero-order chi connectivity index (χ0) is 22.8. The van der Waals surface area contributed by atoms with Gasteiger partial charge >= 0.3 is 5.97 Å². The second kappa shape index (κ2) is 11.4. The molecular weight excluding hydrogens is 400 g/mol. The molecule has 1 aromatic heterocycles. The number of amides is 2. The van der Waals surface area contributed by atoms with Gasteiger partial charge in [-0.25, -0.2) is 4.79 Å².